The zero-order valence-electron chi connectivity index (χ0n) is 12.5. The van der Waals surface area contributed by atoms with Crippen molar-refractivity contribution in [3.63, 3.8) is 0 Å². The van der Waals surface area contributed by atoms with Crippen LogP contribution in [0.2, 0.25) is 5.02 Å². The Labute approximate surface area is 134 Å². The second-order valence-electron chi connectivity index (χ2n) is 5.75. The van der Waals surface area contributed by atoms with E-state index in [9.17, 15) is 9.59 Å². The molecule has 0 bridgehead atoms. The Morgan fingerprint density at radius 1 is 1.32 bits per heavy atom. The van der Waals surface area contributed by atoms with Gasteiger partial charge in [0, 0.05) is 19.5 Å². The lowest BCUT2D eigenvalue weighted by molar-refractivity contribution is -0.144. The van der Waals surface area contributed by atoms with Crippen molar-refractivity contribution in [1.29, 1.82) is 0 Å². The zero-order valence-corrected chi connectivity index (χ0v) is 13.3. The van der Waals surface area contributed by atoms with E-state index in [1.165, 1.54) is 0 Å². The summed E-state index contributed by atoms with van der Waals surface area (Å²) in [6, 6.07) is 7.32. The predicted octanol–water partition coefficient (Wildman–Crippen LogP) is 1.80. The summed E-state index contributed by atoms with van der Waals surface area (Å²) in [6.07, 6.45) is 0.308. The lowest BCUT2D eigenvalue weighted by atomic mass is 10.0. The minimum Gasteiger partial charge on any atom is -0.485 e. The average Bonchev–Trinajstić information content (AvgIpc) is 2.84. The van der Waals surface area contributed by atoms with Crippen molar-refractivity contribution in [1.82, 2.24) is 9.80 Å². The lowest BCUT2D eigenvalue weighted by Gasteiger charge is -2.40. The van der Waals surface area contributed by atoms with Gasteiger partial charge in [-0.05, 0) is 19.1 Å². The normalized spacial score (nSPS) is 21.9. The number of hydrogen-bond acceptors (Lipinski definition) is 3. The molecule has 2 fully saturated rings. The number of carbonyl (C=O) groups excluding carboxylic acids is 2. The molecule has 1 aromatic carbocycles. The molecule has 1 atom stereocenters. The smallest absolute Gasteiger partial charge is 0.228 e. The third kappa shape index (κ3) is 2.90. The largest absolute Gasteiger partial charge is 0.485 e. The van der Waals surface area contributed by atoms with E-state index in [0.717, 1.165) is 0 Å². The van der Waals surface area contributed by atoms with Crippen LogP contribution in [0.15, 0.2) is 24.3 Å². The third-order valence-corrected chi connectivity index (χ3v) is 4.55. The molecule has 3 rings (SSSR count). The lowest BCUT2D eigenvalue weighted by Crippen LogP contribution is -2.57. The van der Waals surface area contributed by atoms with Crippen LogP contribution in [-0.2, 0) is 9.59 Å². The number of rotatable bonds is 4. The van der Waals surface area contributed by atoms with Crippen LogP contribution >= 0.6 is 11.6 Å². The summed E-state index contributed by atoms with van der Waals surface area (Å²) in [6.45, 7) is 4.26. The molecular formula is C16H19ClN2O3. The first-order chi connectivity index (χ1) is 10.6. The zero-order chi connectivity index (χ0) is 15.7. The van der Waals surface area contributed by atoms with Crippen molar-refractivity contribution in [3.05, 3.63) is 29.3 Å². The highest BCUT2D eigenvalue weighted by Gasteiger charge is 2.40. The number of nitrogens with zero attached hydrogens (tertiary/aromatic N) is 2. The molecule has 0 radical (unpaired) electrons. The van der Waals surface area contributed by atoms with E-state index in [4.69, 9.17) is 16.3 Å². The van der Waals surface area contributed by atoms with Gasteiger partial charge in [0.2, 0.25) is 11.8 Å². The molecule has 0 aromatic heterocycles. The van der Waals surface area contributed by atoms with E-state index < -0.39 is 0 Å². The highest BCUT2D eigenvalue weighted by atomic mass is 35.5. The maximum Gasteiger partial charge on any atom is 0.228 e. The maximum absolute atomic E-state index is 12.4. The summed E-state index contributed by atoms with van der Waals surface area (Å²) in [5, 5.41) is 0.576. The number of likely N-dealkylation sites (tertiary alicyclic amines) is 2. The maximum atomic E-state index is 12.4. The number of ether oxygens (including phenoxy) is 1. The fourth-order valence-electron chi connectivity index (χ4n) is 2.91. The van der Waals surface area contributed by atoms with Crippen LogP contribution in [-0.4, -0.2) is 53.9 Å². The number of para-hydroxylation sites is 1. The molecular weight excluding hydrogens is 304 g/mol. The Kier molecular flexibility index (Phi) is 4.25. The Hall–Kier alpha value is -1.75. The van der Waals surface area contributed by atoms with Crippen molar-refractivity contribution < 1.29 is 14.3 Å². The Balaban J connectivity index is 1.50. The standard InChI is InChI=1S/C16H19ClN2O3/c1-2-18-8-11(7-15(18)20)16(21)19-9-12(10-19)22-14-6-4-3-5-13(14)17/h3-6,11-12H,2,7-10H2,1H3/t11-/m1/s1. The van der Waals surface area contributed by atoms with Gasteiger partial charge in [0.25, 0.3) is 0 Å². The molecule has 6 heteroatoms. The second-order valence-corrected chi connectivity index (χ2v) is 6.15. The van der Waals surface area contributed by atoms with E-state index in [-0.39, 0.29) is 23.8 Å². The van der Waals surface area contributed by atoms with Crippen LogP contribution in [0.3, 0.4) is 0 Å². The van der Waals surface area contributed by atoms with Crippen LogP contribution < -0.4 is 4.74 Å². The molecule has 0 unspecified atom stereocenters. The van der Waals surface area contributed by atoms with Gasteiger partial charge in [0.15, 0.2) is 0 Å². The Morgan fingerprint density at radius 2 is 2.05 bits per heavy atom. The second kappa shape index (κ2) is 6.16. The van der Waals surface area contributed by atoms with Crippen molar-refractivity contribution in [2.45, 2.75) is 19.4 Å². The Morgan fingerprint density at radius 3 is 2.68 bits per heavy atom. The molecule has 2 aliphatic heterocycles. The summed E-state index contributed by atoms with van der Waals surface area (Å²) in [4.78, 5) is 27.6. The van der Waals surface area contributed by atoms with Crippen LogP contribution in [0.4, 0.5) is 0 Å². The summed E-state index contributed by atoms with van der Waals surface area (Å²) in [5.41, 5.74) is 0. The van der Waals surface area contributed by atoms with Gasteiger partial charge < -0.3 is 14.5 Å². The molecule has 2 saturated heterocycles. The van der Waals surface area contributed by atoms with Gasteiger partial charge in [-0.15, -0.1) is 0 Å². The predicted molar refractivity (Wildman–Crippen MR) is 82.8 cm³/mol. The monoisotopic (exact) mass is 322 g/mol. The van der Waals surface area contributed by atoms with Gasteiger partial charge >= 0.3 is 0 Å². The van der Waals surface area contributed by atoms with E-state index in [0.29, 0.717) is 43.4 Å². The van der Waals surface area contributed by atoms with Crippen molar-refractivity contribution in [3.8, 4) is 5.75 Å². The number of benzene rings is 1. The van der Waals surface area contributed by atoms with Crippen molar-refractivity contribution in [2.75, 3.05) is 26.2 Å². The summed E-state index contributed by atoms with van der Waals surface area (Å²) in [5.74, 6) is 0.580. The summed E-state index contributed by atoms with van der Waals surface area (Å²) >= 11 is 6.05. The first-order valence-electron chi connectivity index (χ1n) is 7.56. The number of amides is 2. The van der Waals surface area contributed by atoms with Gasteiger partial charge in [-0.3, -0.25) is 9.59 Å². The van der Waals surface area contributed by atoms with Crippen LogP contribution in [0.1, 0.15) is 13.3 Å². The van der Waals surface area contributed by atoms with Crippen LogP contribution in [0.5, 0.6) is 5.75 Å². The molecule has 1 aromatic rings. The average molecular weight is 323 g/mol. The van der Waals surface area contributed by atoms with E-state index in [2.05, 4.69) is 0 Å². The highest BCUT2D eigenvalue weighted by molar-refractivity contribution is 6.32. The summed E-state index contributed by atoms with van der Waals surface area (Å²) < 4.78 is 5.78. The SMILES string of the molecule is CCN1C[C@H](C(=O)N2CC(Oc3ccccc3Cl)C2)CC1=O. The third-order valence-electron chi connectivity index (χ3n) is 4.24. The number of halogens is 1. The number of hydrogen-bond donors (Lipinski definition) is 0. The minimum absolute atomic E-state index is 0.0248. The first-order valence-corrected chi connectivity index (χ1v) is 7.94. The molecule has 0 aliphatic carbocycles. The van der Waals surface area contributed by atoms with E-state index >= 15 is 0 Å². The molecule has 2 amide bonds. The number of carbonyl (C=O) groups is 2. The van der Waals surface area contributed by atoms with Gasteiger partial charge in [-0.25, -0.2) is 0 Å². The van der Waals surface area contributed by atoms with Gasteiger partial charge in [-0.2, -0.15) is 0 Å². The van der Waals surface area contributed by atoms with E-state index in [1.807, 2.05) is 25.1 Å². The fraction of sp³-hybridized carbons (Fsp3) is 0.500. The molecule has 0 spiro atoms. The van der Waals surface area contributed by atoms with Gasteiger partial charge in [0.1, 0.15) is 11.9 Å². The molecule has 2 heterocycles. The van der Waals surface area contributed by atoms with E-state index in [1.54, 1.807) is 15.9 Å². The van der Waals surface area contributed by atoms with Crippen LogP contribution in [0, 0.1) is 5.92 Å². The van der Waals surface area contributed by atoms with Gasteiger partial charge in [0.05, 0.1) is 24.0 Å². The van der Waals surface area contributed by atoms with Crippen molar-refractivity contribution in [2.24, 2.45) is 5.92 Å². The molecule has 5 nitrogen and oxygen atoms in total. The van der Waals surface area contributed by atoms with Crippen LogP contribution in [0.25, 0.3) is 0 Å². The molecule has 0 saturated carbocycles. The quantitative estimate of drug-likeness (QED) is 0.849. The molecule has 2 aliphatic rings. The summed E-state index contributed by atoms with van der Waals surface area (Å²) in [7, 11) is 0. The molecule has 0 N–H and O–H groups in total. The van der Waals surface area contributed by atoms with Gasteiger partial charge in [-0.1, -0.05) is 23.7 Å². The topological polar surface area (TPSA) is 49.9 Å². The molecule has 118 valence electrons. The fourth-order valence-corrected chi connectivity index (χ4v) is 3.09. The first kappa shape index (κ1) is 15.2. The highest BCUT2D eigenvalue weighted by Crippen LogP contribution is 2.28. The Bertz CT molecular complexity index is 587. The van der Waals surface area contributed by atoms with Crippen molar-refractivity contribution >= 4 is 23.4 Å². The minimum atomic E-state index is -0.200. The molecule has 22 heavy (non-hydrogen) atoms.